The summed E-state index contributed by atoms with van der Waals surface area (Å²) >= 11 is 0. The third-order valence-corrected chi connectivity index (χ3v) is 2.84. The molecule has 4 nitrogen and oxygen atoms in total. The van der Waals surface area contributed by atoms with Crippen LogP contribution >= 0.6 is 0 Å². The number of anilines is 1. The van der Waals surface area contributed by atoms with Gasteiger partial charge in [-0.1, -0.05) is 0 Å². The Morgan fingerprint density at radius 2 is 2.38 bits per heavy atom. The van der Waals surface area contributed by atoms with E-state index in [-0.39, 0.29) is 12.0 Å². The molecular formula is C9H15N3O. The van der Waals surface area contributed by atoms with E-state index in [9.17, 15) is 0 Å². The Morgan fingerprint density at radius 3 is 2.85 bits per heavy atom. The van der Waals surface area contributed by atoms with Gasteiger partial charge in [-0.15, -0.1) is 0 Å². The van der Waals surface area contributed by atoms with Crippen LogP contribution in [0.2, 0.25) is 0 Å². The average Bonchev–Trinajstić information content (AvgIpc) is 2.80. The van der Waals surface area contributed by atoms with Gasteiger partial charge >= 0.3 is 0 Å². The second-order valence-electron chi connectivity index (χ2n) is 3.81. The van der Waals surface area contributed by atoms with Crippen molar-refractivity contribution < 1.29 is 5.11 Å². The van der Waals surface area contributed by atoms with Gasteiger partial charge in [0, 0.05) is 23.8 Å². The predicted molar refractivity (Wildman–Crippen MR) is 50.2 cm³/mol. The van der Waals surface area contributed by atoms with Gasteiger partial charge in [0.25, 0.3) is 0 Å². The van der Waals surface area contributed by atoms with Crippen LogP contribution < -0.4 is 5.73 Å². The number of aliphatic hydroxyl groups excluding tert-OH is 1. The minimum absolute atomic E-state index is 0.257. The molecule has 1 aromatic rings. The first kappa shape index (κ1) is 8.56. The maximum Gasteiger partial charge on any atom is 0.145 e. The highest BCUT2D eigenvalue weighted by molar-refractivity contribution is 5.35. The van der Waals surface area contributed by atoms with Crippen molar-refractivity contribution in [3.63, 3.8) is 0 Å². The van der Waals surface area contributed by atoms with Crippen LogP contribution in [0.15, 0.2) is 6.07 Å². The van der Waals surface area contributed by atoms with E-state index < -0.39 is 0 Å². The summed E-state index contributed by atoms with van der Waals surface area (Å²) in [5, 5.41) is 15.6. The molecule has 1 saturated carbocycles. The van der Waals surface area contributed by atoms with E-state index >= 15 is 0 Å². The highest BCUT2D eigenvalue weighted by Gasteiger charge is 2.44. The molecule has 1 aliphatic carbocycles. The van der Waals surface area contributed by atoms with Gasteiger partial charge < -0.3 is 10.8 Å². The molecule has 2 rings (SSSR count). The molecule has 1 aliphatic rings. The van der Waals surface area contributed by atoms with Gasteiger partial charge in [0.2, 0.25) is 0 Å². The fourth-order valence-electron chi connectivity index (χ4n) is 1.83. The Labute approximate surface area is 77.1 Å². The third kappa shape index (κ3) is 1.54. The molecule has 1 fully saturated rings. The van der Waals surface area contributed by atoms with E-state index in [1.807, 2.05) is 6.07 Å². The Hall–Kier alpha value is -1.03. The first-order chi connectivity index (χ1) is 6.27. The number of nitrogens with one attached hydrogen (secondary N) is 1. The molecule has 0 spiro atoms. The number of aromatic amines is 1. The van der Waals surface area contributed by atoms with Crippen molar-refractivity contribution in [2.75, 3.05) is 12.3 Å². The van der Waals surface area contributed by atoms with Crippen molar-refractivity contribution in [2.24, 2.45) is 0 Å². The lowest BCUT2D eigenvalue weighted by Crippen LogP contribution is -2.07. The van der Waals surface area contributed by atoms with Gasteiger partial charge in [-0.3, -0.25) is 5.10 Å². The van der Waals surface area contributed by atoms with Crippen LogP contribution in [0.4, 0.5) is 5.82 Å². The van der Waals surface area contributed by atoms with E-state index in [1.54, 1.807) is 0 Å². The van der Waals surface area contributed by atoms with Gasteiger partial charge in [-0.25, -0.2) is 0 Å². The number of nitrogens with zero attached hydrogens (tertiary/aromatic N) is 1. The zero-order valence-corrected chi connectivity index (χ0v) is 7.58. The zero-order valence-electron chi connectivity index (χ0n) is 7.58. The fourth-order valence-corrected chi connectivity index (χ4v) is 1.83. The summed E-state index contributed by atoms with van der Waals surface area (Å²) in [6, 6.07) is 1.91. The molecule has 0 amide bonds. The summed E-state index contributed by atoms with van der Waals surface area (Å²) in [6.45, 7) is 0.269. The van der Waals surface area contributed by atoms with E-state index in [0.717, 1.165) is 18.5 Å². The lowest BCUT2D eigenvalue weighted by Gasteiger charge is -2.10. The lowest BCUT2D eigenvalue weighted by atomic mass is 9.96. The van der Waals surface area contributed by atoms with E-state index in [4.69, 9.17) is 10.8 Å². The Balaban J connectivity index is 2.07. The first-order valence-corrected chi connectivity index (χ1v) is 4.69. The van der Waals surface area contributed by atoms with Crippen molar-refractivity contribution in [3.05, 3.63) is 11.8 Å². The Kier molecular flexibility index (Phi) is 2.00. The molecule has 0 unspecified atom stereocenters. The summed E-state index contributed by atoms with van der Waals surface area (Å²) in [4.78, 5) is 0. The zero-order chi connectivity index (χ0) is 9.31. The summed E-state index contributed by atoms with van der Waals surface area (Å²) < 4.78 is 0. The minimum atomic E-state index is 0.257. The molecular weight excluding hydrogens is 166 g/mol. The van der Waals surface area contributed by atoms with Crippen LogP contribution in [0.5, 0.6) is 0 Å². The van der Waals surface area contributed by atoms with E-state index in [0.29, 0.717) is 5.82 Å². The van der Waals surface area contributed by atoms with Crippen molar-refractivity contribution in [2.45, 2.75) is 31.1 Å². The largest absolute Gasteiger partial charge is 0.396 e. The molecule has 0 bridgehead atoms. The van der Waals surface area contributed by atoms with Crippen LogP contribution in [0.25, 0.3) is 0 Å². The van der Waals surface area contributed by atoms with Crippen LogP contribution in [0, 0.1) is 0 Å². The smallest absolute Gasteiger partial charge is 0.145 e. The van der Waals surface area contributed by atoms with Gasteiger partial charge in [0.1, 0.15) is 5.82 Å². The van der Waals surface area contributed by atoms with Crippen molar-refractivity contribution >= 4 is 5.82 Å². The molecule has 0 saturated heterocycles. The Bertz CT molecular complexity index is 291. The minimum Gasteiger partial charge on any atom is -0.396 e. The highest BCUT2D eigenvalue weighted by Crippen LogP contribution is 2.51. The lowest BCUT2D eigenvalue weighted by molar-refractivity contribution is 0.277. The molecule has 4 N–H and O–H groups in total. The molecule has 0 atom stereocenters. The van der Waals surface area contributed by atoms with Gasteiger partial charge in [-0.2, -0.15) is 5.10 Å². The number of aliphatic hydroxyl groups is 1. The highest BCUT2D eigenvalue weighted by atomic mass is 16.2. The standard InChI is InChI=1S/C9H15N3O/c10-8-6-7(11-12-8)9(3-4-9)2-1-5-13/h6,13H,1-5H2,(H3,10,11,12). The van der Waals surface area contributed by atoms with Gasteiger partial charge in [0.05, 0.1) is 0 Å². The monoisotopic (exact) mass is 181 g/mol. The number of rotatable bonds is 4. The van der Waals surface area contributed by atoms with Gasteiger partial charge in [-0.05, 0) is 25.7 Å². The molecule has 1 heterocycles. The number of aromatic nitrogens is 2. The van der Waals surface area contributed by atoms with Crippen LogP contribution in [0.3, 0.4) is 0 Å². The fraction of sp³-hybridized carbons (Fsp3) is 0.667. The summed E-state index contributed by atoms with van der Waals surface area (Å²) in [7, 11) is 0. The average molecular weight is 181 g/mol. The predicted octanol–water partition coefficient (Wildman–Crippen LogP) is 0.796. The van der Waals surface area contributed by atoms with Crippen molar-refractivity contribution in [3.8, 4) is 0 Å². The third-order valence-electron chi connectivity index (χ3n) is 2.84. The van der Waals surface area contributed by atoms with Gasteiger partial charge in [0.15, 0.2) is 0 Å². The number of H-pyrrole nitrogens is 1. The second kappa shape index (κ2) is 3.03. The number of nitrogens with two attached hydrogens (primary N) is 1. The second-order valence-corrected chi connectivity index (χ2v) is 3.81. The Morgan fingerprint density at radius 1 is 1.62 bits per heavy atom. The summed E-state index contributed by atoms with van der Waals surface area (Å²) in [5.41, 5.74) is 6.93. The molecule has 72 valence electrons. The van der Waals surface area contributed by atoms with E-state index in [1.165, 1.54) is 12.8 Å². The normalized spacial score (nSPS) is 18.8. The molecule has 13 heavy (non-hydrogen) atoms. The summed E-state index contributed by atoms with van der Waals surface area (Å²) in [5.74, 6) is 0.560. The van der Waals surface area contributed by atoms with Crippen LogP contribution in [-0.4, -0.2) is 21.9 Å². The summed E-state index contributed by atoms with van der Waals surface area (Å²) in [6.07, 6.45) is 4.27. The van der Waals surface area contributed by atoms with Crippen molar-refractivity contribution in [1.82, 2.24) is 10.2 Å². The quantitative estimate of drug-likeness (QED) is 0.643. The molecule has 0 radical (unpaired) electrons. The molecule has 0 aromatic carbocycles. The topological polar surface area (TPSA) is 74.9 Å². The maximum absolute atomic E-state index is 8.76. The maximum atomic E-state index is 8.76. The molecule has 4 heteroatoms. The number of hydrogen-bond acceptors (Lipinski definition) is 3. The molecule has 1 aromatic heterocycles. The van der Waals surface area contributed by atoms with Crippen LogP contribution in [-0.2, 0) is 5.41 Å². The SMILES string of the molecule is Nc1cc(C2(CCCO)CC2)[nH]n1. The first-order valence-electron chi connectivity index (χ1n) is 4.69. The van der Waals surface area contributed by atoms with E-state index in [2.05, 4.69) is 10.2 Å². The van der Waals surface area contributed by atoms with Crippen molar-refractivity contribution in [1.29, 1.82) is 0 Å². The van der Waals surface area contributed by atoms with Crippen LogP contribution in [0.1, 0.15) is 31.4 Å². The number of hydrogen-bond donors (Lipinski definition) is 3. The molecule has 0 aliphatic heterocycles. The number of nitrogen functional groups attached to an aromatic ring is 1.